The molecule has 78 valence electrons. The average molecular weight is 199 g/mol. The second-order valence-corrected chi connectivity index (χ2v) is 2.91. The van der Waals surface area contributed by atoms with Crippen LogP contribution in [0.15, 0.2) is 17.1 Å². The summed E-state index contributed by atoms with van der Waals surface area (Å²) < 4.78 is 6.13. The van der Waals surface area contributed by atoms with Crippen LogP contribution in [0, 0.1) is 0 Å². The molecule has 14 heavy (non-hydrogen) atoms. The van der Waals surface area contributed by atoms with E-state index in [-0.39, 0.29) is 5.82 Å². The number of aromatic nitrogens is 2. The van der Waals surface area contributed by atoms with E-state index in [9.17, 15) is 9.90 Å². The zero-order valence-electron chi connectivity index (χ0n) is 8.04. The Kier molecular flexibility index (Phi) is 3.21. The third-order valence-electron chi connectivity index (χ3n) is 1.78. The first-order chi connectivity index (χ1) is 6.56. The van der Waals surface area contributed by atoms with Crippen LogP contribution >= 0.6 is 0 Å². The topological polar surface area (TPSA) is 90.4 Å². The van der Waals surface area contributed by atoms with E-state index in [1.165, 1.54) is 30.9 Å². The summed E-state index contributed by atoms with van der Waals surface area (Å²) in [5, 5.41) is 9.32. The van der Waals surface area contributed by atoms with Crippen molar-refractivity contribution in [3.05, 3.63) is 22.7 Å². The highest BCUT2D eigenvalue weighted by atomic mass is 16.5. The Balaban J connectivity index is 3.11. The molecule has 1 rings (SSSR count). The Morgan fingerprint density at radius 3 is 2.79 bits per heavy atom. The molecule has 2 atom stereocenters. The van der Waals surface area contributed by atoms with Gasteiger partial charge in [-0.1, -0.05) is 0 Å². The minimum Gasteiger partial charge on any atom is -0.389 e. The summed E-state index contributed by atoms with van der Waals surface area (Å²) in [6.45, 7) is 1.52. The molecule has 0 aromatic carbocycles. The highest BCUT2D eigenvalue weighted by Gasteiger charge is 2.17. The van der Waals surface area contributed by atoms with Gasteiger partial charge in [-0.25, -0.2) is 4.79 Å². The molecule has 0 saturated carbocycles. The fourth-order valence-corrected chi connectivity index (χ4v) is 1.16. The molecule has 0 aliphatic carbocycles. The second kappa shape index (κ2) is 4.21. The quantitative estimate of drug-likeness (QED) is 0.675. The zero-order chi connectivity index (χ0) is 10.7. The number of nitrogens with zero attached hydrogens (tertiary/aromatic N) is 2. The van der Waals surface area contributed by atoms with Crippen molar-refractivity contribution in [1.82, 2.24) is 9.55 Å². The van der Waals surface area contributed by atoms with Crippen molar-refractivity contribution in [2.75, 3.05) is 12.8 Å². The van der Waals surface area contributed by atoms with Crippen LogP contribution < -0.4 is 11.4 Å². The molecule has 0 radical (unpaired) electrons. The van der Waals surface area contributed by atoms with Crippen LogP contribution in [0.25, 0.3) is 0 Å². The maximum atomic E-state index is 11.3. The maximum absolute atomic E-state index is 11.3. The molecule has 0 aliphatic rings. The van der Waals surface area contributed by atoms with E-state index in [1.807, 2.05) is 0 Å². The Labute approximate surface area is 80.9 Å². The number of rotatable bonds is 3. The summed E-state index contributed by atoms with van der Waals surface area (Å²) in [6.07, 6.45) is -0.107. The van der Waals surface area contributed by atoms with Gasteiger partial charge in [0.2, 0.25) is 0 Å². The summed E-state index contributed by atoms with van der Waals surface area (Å²) in [6, 6.07) is 1.47. The molecule has 0 spiro atoms. The van der Waals surface area contributed by atoms with Gasteiger partial charge in [-0.05, 0) is 13.0 Å². The number of hydrogen-bond donors (Lipinski definition) is 2. The fraction of sp³-hybridized carbons (Fsp3) is 0.500. The number of anilines is 1. The summed E-state index contributed by atoms with van der Waals surface area (Å²) in [4.78, 5) is 14.8. The van der Waals surface area contributed by atoms with E-state index < -0.39 is 18.0 Å². The largest absolute Gasteiger partial charge is 0.389 e. The zero-order valence-corrected chi connectivity index (χ0v) is 8.04. The number of aliphatic hydroxyl groups excluding tert-OH is 1. The molecule has 0 fully saturated rings. The molecule has 0 saturated heterocycles. The Bertz CT molecular complexity index is 361. The van der Waals surface area contributed by atoms with Crippen LogP contribution in [0.5, 0.6) is 0 Å². The number of aliphatic hydroxyl groups is 1. The molecule has 1 aromatic rings. The van der Waals surface area contributed by atoms with Gasteiger partial charge < -0.3 is 15.6 Å². The lowest BCUT2D eigenvalue weighted by Gasteiger charge is -2.19. The van der Waals surface area contributed by atoms with E-state index >= 15 is 0 Å². The minimum absolute atomic E-state index is 0.145. The first-order valence-electron chi connectivity index (χ1n) is 4.11. The van der Waals surface area contributed by atoms with Crippen molar-refractivity contribution in [2.24, 2.45) is 0 Å². The van der Waals surface area contributed by atoms with Crippen LogP contribution in [-0.4, -0.2) is 27.9 Å². The molecular weight excluding hydrogens is 186 g/mol. The third-order valence-corrected chi connectivity index (χ3v) is 1.78. The van der Waals surface area contributed by atoms with Gasteiger partial charge in [0, 0.05) is 13.3 Å². The standard InChI is InChI=1S/C8H13N3O3/c1-5(12)7(14-2)11-4-3-6(9)10-8(11)13/h3-5,7,12H,1-2H3,(H2,9,10,13)/t5?,7-/m1/s1. The monoisotopic (exact) mass is 199 g/mol. The lowest BCUT2D eigenvalue weighted by Crippen LogP contribution is -2.33. The van der Waals surface area contributed by atoms with Crippen LogP contribution in [0.1, 0.15) is 13.2 Å². The van der Waals surface area contributed by atoms with E-state index in [0.717, 1.165) is 0 Å². The van der Waals surface area contributed by atoms with Crippen molar-refractivity contribution in [1.29, 1.82) is 0 Å². The lowest BCUT2D eigenvalue weighted by molar-refractivity contribution is -0.0520. The van der Waals surface area contributed by atoms with Crippen LogP contribution in [0.3, 0.4) is 0 Å². The van der Waals surface area contributed by atoms with Gasteiger partial charge in [0.15, 0.2) is 6.23 Å². The number of ether oxygens (including phenoxy) is 1. The van der Waals surface area contributed by atoms with Crippen molar-refractivity contribution in [3.63, 3.8) is 0 Å². The first-order valence-corrected chi connectivity index (χ1v) is 4.11. The maximum Gasteiger partial charge on any atom is 0.351 e. The normalized spacial score (nSPS) is 15.1. The number of nitrogen functional groups attached to an aromatic ring is 1. The van der Waals surface area contributed by atoms with Crippen molar-refractivity contribution in [2.45, 2.75) is 19.3 Å². The van der Waals surface area contributed by atoms with Gasteiger partial charge in [0.05, 0.1) is 6.10 Å². The Hall–Kier alpha value is -1.40. The Morgan fingerprint density at radius 2 is 2.36 bits per heavy atom. The molecule has 0 aliphatic heterocycles. The molecule has 1 heterocycles. The van der Waals surface area contributed by atoms with Crippen molar-refractivity contribution in [3.8, 4) is 0 Å². The second-order valence-electron chi connectivity index (χ2n) is 2.91. The van der Waals surface area contributed by atoms with Gasteiger partial charge in [-0.2, -0.15) is 4.98 Å². The van der Waals surface area contributed by atoms with Gasteiger partial charge in [0.25, 0.3) is 0 Å². The van der Waals surface area contributed by atoms with Crippen LogP contribution in [0.2, 0.25) is 0 Å². The third kappa shape index (κ3) is 2.09. The number of hydrogen-bond acceptors (Lipinski definition) is 5. The SMILES string of the molecule is CO[C@H](C(C)O)n1ccc(N)nc1=O. The van der Waals surface area contributed by atoms with Gasteiger partial charge in [-0.3, -0.25) is 4.57 Å². The predicted molar refractivity (Wildman–Crippen MR) is 50.6 cm³/mol. The first kappa shape index (κ1) is 10.7. The number of nitrogens with two attached hydrogens (primary N) is 1. The van der Waals surface area contributed by atoms with E-state index in [4.69, 9.17) is 10.5 Å². The highest BCUT2D eigenvalue weighted by Crippen LogP contribution is 2.09. The van der Waals surface area contributed by atoms with E-state index in [0.29, 0.717) is 0 Å². The molecule has 0 bridgehead atoms. The molecule has 1 aromatic heterocycles. The number of methoxy groups -OCH3 is 1. The van der Waals surface area contributed by atoms with E-state index in [2.05, 4.69) is 4.98 Å². The Morgan fingerprint density at radius 1 is 1.71 bits per heavy atom. The molecule has 1 unspecified atom stereocenters. The molecular formula is C8H13N3O3. The van der Waals surface area contributed by atoms with E-state index in [1.54, 1.807) is 0 Å². The van der Waals surface area contributed by atoms with Gasteiger partial charge >= 0.3 is 5.69 Å². The van der Waals surface area contributed by atoms with Crippen molar-refractivity contribution < 1.29 is 9.84 Å². The molecule has 3 N–H and O–H groups in total. The summed E-state index contributed by atoms with van der Waals surface area (Å²) in [5.41, 5.74) is 4.77. The summed E-state index contributed by atoms with van der Waals surface area (Å²) >= 11 is 0. The minimum atomic E-state index is -0.803. The van der Waals surface area contributed by atoms with Gasteiger partial charge in [-0.15, -0.1) is 0 Å². The molecule has 6 nitrogen and oxygen atoms in total. The van der Waals surface area contributed by atoms with Crippen LogP contribution in [0.4, 0.5) is 5.82 Å². The average Bonchev–Trinajstić information content (AvgIpc) is 2.09. The van der Waals surface area contributed by atoms with Crippen molar-refractivity contribution >= 4 is 5.82 Å². The van der Waals surface area contributed by atoms with Gasteiger partial charge in [0.1, 0.15) is 5.82 Å². The summed E-state index contributed by atoms with van der Waals surface area (Å²) in [7, 11) is 1.40. The molecule has 0 amide bonds. The highest BCUT2D eigenvalue weighted by molar-refractivity contribution is 5.23. The fourth-order valence-electron chi connectivity index (χ4n) is 1.16. The van der Waals surface area contributed by atoms with Crippen LogP contribution in [-0.2, 0) is 4.74 Å². The predicted octanol–water partition coefficient (Wildman–Crippen LogP) is -0.649. The summed E-state index contributed by atoms with van der Waals surface area (Å²) in [5.74, 6) is 0.145. The smallest absolute Gasteiger partial charge is 0.351 e. The lowest BCUT2D eigenvalue weighted by atomic mass is 10.3. The molecule has 6 heteroatoms.